The van der Waals surface area contributed by atoms with Gasteiger partial charge in [0.05, 0.1) is 17.3 Å². The number of ether oxygens (including phenoxy) is 1. The minimum atomic E-state index is -4.45. The van der Waals surface area contributed by atoms with Gasteiger partial charge in [-0.1, -0.05) is 6.08 Å². The van der Waals surface area contributed by atoms with Gasteiger partial charge in [-0.15, -0.1) is 6.58 Å². The maximum atomic E-state index is 12.7. The van der Waals surface area contributed by atoms with Crippen LogP contribution in [0, 0.1) is 17.3 Å². The number of halogens is 3. The molecule has 4 nitrogen and oxygen atoms in total. The highest BCUT2D eigenvalue weighted by Gasteiger charge is 2.64. The zero-order valence-electron chi connectivity index (χ0n) is 12.9. The molecule has 1 fully saturated rings. The first-order valence-corrected chi connectivity index (χ1v) is 6.97. The van der Waals surface area contributed by atoms with E-state index in [1.807, 2.05) is 0 Å². The van der Waals surface area contributed by atoms with Gasteiger partial charge in [-0.05, 0) is 40.0 Å². The lowest BCUT2D eigenvalue weighted by atomic mass is 9.55. The van der Waals surface area contributed by atoms with Gasteiger partial charge in [-0.2, -0.15) is 13.2 Å². The quantitative estimate of drug-likeness (QED) is 0.621. The molecule has 22 heavy (non-hydrogen) atoms. The maximum absolute atomic E-state index is 12.7. The highest BCUT2D eigenvalue weighted by Crippen LogP contribution is 2.57. The van der Waals surface area contributed by atoms with Crippen LogP contribution in [0.2, 0.25) is 0 Å². The maximum Gasteiger partial charge on any atom is 0.391 e. The zero-order chi connectivity index (χ0) is 17.3. The molecule has 1 atom stereocenters. The third-order valence-electron chi connectivity index (χ3n) is 3.87. The molecule has 0 spiro atoms. The Morgan fingerprint density at radius 2 is 1.86 bits per heavy atom. The molecule has 0 unspecified atom stereocenters. The minimum Gasteiger partial charge on any atom is -0.481 e. The lowest BCUT2D eigenvalue weighted by Gasteiger charge is -2.48. The molecule has 0 radical (unpaired) electrons. The highest BCUT2D eigenvalue weighted by atomic mass is 19.4. The summed E-state index contributed by atoms with van der Waals surface area (Å²) in [5.74, 6) is -5.06. The number of hydrogen-bond acceptors (Lipinski definition) is 3. The van der Waals surface area contributed by atoms with Gasteiger partial charge in [-0.25, -0.2) is 0 Å². The van der Waals surface area contributed by atoms with Crippen molar-refractivity contribution in [2.45, 2.75) is 51.8 Å². The van der Waals surface area contributed by atoms with Gasteiger partial charge in [0.25, 0.3) is 0 Å². The molecule has 1 saturated carbocycles. The second kappa shape index (κ2) is 5.93. The number of carboxylic acid groups (broad SMARTS) is 1. The number of rotatable bonds is 5. The number of carbonyl (C=O) groups is 2. The molecule has 0 saturated heterocycles. The van der Waals surface area contributed by atoms with Crippen LogP contribution in [0.25, 0.3) is 0 Å². The van der Waals surface area contributed by atoms with Crippen molar-refractivity contribution < 1.29 is 32.6 Å². The molecule has 7 heteroatoms. The Hall–Kier alpha value is -1.53. The molecule has 126 valence electrons. The standard InChI is InChI=1S/C15H21F3O4/c1-5-6-10(11(19)22-13(2,3)4)14(12(20)21)7-9(8-14)15(16,17)18/h5,9-10H,1,6-8H2,2-4H3,(H,20,21)/t9?,10-,14?/m1/s1. The largest absolute Gasteiger partial charge is 0.481 e. The van der Waals surface area contributed by atoms with E-state index in [0.29, 0.717) is 0 Å². The molecular formula is C15H21F3O4. The van der Waals surface area contributed by atoms with Crippen LogP contribution in [0.15, 0.2) is 12.7 Å². The first-order valence-electron chi connectivity index (χ1n) is 6.97. The minimum absolute atomic E-state index is 0.0359. The monoisotopic (exact) mass is 322 g/mol. The summed E-state index contributed by atoms with van der Waals surface area (Å²) < 4.78 is 43.3. The van der Waals surface area contributed by atoms with Gasteiger partial charge in [0, 0.05) is 0 Å². The van der Waals surface area contributed by atoms with Crippen LogP contribution in [0.1, 0.15) is 40.0 Å². The fourth-order valence-electron chi connectivity index (χ4n) is 2.75. The van der Waals surface area contributed by atoms with E-state index >= 15 is 0 Å². The van der Waals surface area contributed by atoms with Crippen LogP contribution in [0.3, 0.4) is 0 Å². The van der Waals surface area contributed by atoms with E-state index in [4.69, 9.17) is 4.74 Å². The van der Waals surface area contributed by atoms with Gasteiger partial charge in [-0.3, -0.25) is 9.59 Å². The van der Waals surface area contributed by atoms with Gasteiger partial charge in [0.2, 0.25) is 0 Å². The van der Waals surface area contributed by atoms with Crippen LogP contribution in [-0.4, -0.2) is 28.8 Å². The van der Waals surface area contributed by atoms with E-state index in [1.165, 1.54) is 6.08 Å². The van der Waals surface area contributed by atoms with Crippen LogP contribution in [0.4, 0.5) is 13.2 Å². The lowest BCUT2D eigenvalue weighted by molar-refractivity contribution is -0.236. The van der Waals surface area contributed by atoms with Gasteiger partial charge >= 0.3 is 18.1 Å². The summed E-state index contributed by atoms with van der Waals surface area (Å²) in [7, 11) is 0. The molecule has 0 aromatic heterocycles. The van der Waals surface area contributed by atoms with Crippen LogP contribution in [-0.2, 0) is 14.3 Å². The molecule has 0 aliphatic heterocycles. The average Bonchev–Trinajstić information content (AvgIpc) is 2.21. The predicted octanol–water partition coefficient (Wildman–Crippen LogP) is 3.56. The van der Waals surface area contributed by atoms with E-state index in [-0.39, 0.29) is 6.42 Å². The molecule has 0 bridgehead atoms. The SMILES string of the molecule is C=CC[C@H](C(=O)OC(C)(C)C)C1(C(=O)O)CC(C(F)(F)F)C1. The van der Waals surface area contributed by atoms with Crippen LogP contribution >= 0.6 is 0 Å². The number of carbonyl (C=O) groups excluding carboxylic acids is 1. The number of hydrogen-bond donors (Lipinski definition) is 1. The Balaban J connectivity index is 3.03. The molecule has 0 heterocycles. The van der Waals surface area contributed by atoms with Crippen LogP contribution in [0.5, 0.6) is 0 Å². The zero-order valence-corrected chi connectivity index (χ0v) is 12.9. The third-order valence-corrected chi connectivity index (χ3v) is 3.87. The molecule has 0 aromatic carbocycles. The number of carboxylic acids is 1. The van der Waals surface area contributed by atoms with Crippen molar-refractivity contribution in [1.82, 2.24) is 0 Å². The highest BCUT2D eigenvalue weighted by molar-refractivity contribution is 5.85. The Labute approximate surface area is 127 Å². The molecule has 1 N–H and O–H groups in total. The fraction of sp³-hybridized carbons (Fsp3) is 0.733. The molecule has 1 aliphatic rings. The predicted molar refractivity (Wildman–Crippen MR) is 73.0 cm³/mol. The topological polar surface area (TPSA) is 63.6 Å². The number of aliphatic carboxylic acids is 1. The lowest BCUT2D eigenvalue weighted by Crippen LogP contribution is -2.56. The van der Waals surface area contributed by atoms with Crippen molar-refractivity contribution in [2.75, 3.05) is 0 Å². The smallest absolute Gasteiger partial charge is 0.391 e. The Morgan fingerprint density at radius 1 is 1.36 bits per heavy atom. The van der Waals surface area contributed by atoms with Gasteiger partial charge in [0.1, 0.15) is 5.60 Å². The van der Waals surface area contributed by atoms with E-state index < -0.39 is 53.8 Å². The number of allylic oxidation sites excluding steroid dienone is 1. The molecule has 0 amide bonds. The summed E-state index contributed by atoms with van der Waals surface area (Å²) in [4.78, 5) is 23.8. The Kier molecular flexibility index (Phi) is 4.99. The molecule has 1 rings (SSSR count). The first-order chi connectivity index (χ1) is 9.83. The van der Waals surface area contributed by atoms with Crippen LogP contribution < -0.4 is 0 Å². The normalized spacial score (nSPS) is 26.7. The molecule has 1 aliphatic carbocycles. The first kappa shape index (κ1) is 18.5. The van der Waals surface area contributed by atoms with Crippen molar-refractivity contribution in [2.24, 2.45) is 17.3 Å². The summed E-state index contributed by atoms with van der Waals surface area (Å²) >= 11 is 0. The van der Waals surface area contributed by atoms with Crippen molar-refractivity contribution in [3.8, 4) is 0 Å². The van der Waals surface area contributed by atoms with Crippen molar-refractivity contribution >= 4 is 11.9 Å². The van der Waals surface area contributed by atoms with E-state index in [1.54, 1.807) is 20.8 Å². The number of esters is 1. The molecule has 0 aromatic rings. The van der Waals surface area contributed by atoms with Crippen molar-refractivity contribution in [3.63, 3.8) is 0 Å². The van der Waals surface area contributed by atoms with E-state index in [2.05, 4.69) is 6.58 Å². The summed E-state index contributed by atoms with van der Waals surface area (Å²) in [5.41, 5.74) is -2.58. The second-order valence-corrected chi connectivity index (χ2v) is 6.72. The summed E-state index contributed by atoms with van der Waals surface area (Å²) in [5, 5.41) is 9.40. The Morgan fingerprint density at radius 3 is 2.18 bits per heavy atom. The fourth-order valence-corrected chi connectivity index (χ4v) is 2.75. The Bertz CT molecular complexity index is 456. The summed E-state index contributed by atoms with van der Waals surface area (Å²) in [6, 6.07) is 0. The van der Waals surface area contributed by atoms with E-state index in [9.17, 15) is 27.9 Å². The van der Waals surface area contributed by atoms with Gasteiger partial charge < -0.3 is 9.84 Å². The average molecular weight is 322 g/mol. The summed E-state index contributed by atoms with van der Waals surface area (Å²) in [6.07, 6.45) is -4.37. The number of alkyl halides is 3. The molecular weight excluding hydrogens is 301 g/mol. The third kappa shape index (κ3) is 3.81. The summed E-state index contributed by atoms with van der Waals surface area (Å²) in [6.45, 7) is 8.30. The van der Waals surface area contributed by atoms with Crippen molar-refractivity contribution in [1.29, 1.82) is 0 Å². The second-order valence-electron chi connectivity index (χ2n) is 6.72. The van der Waals surface area contributed by atoms with Gasteiger partial charge in [0.15, 0.2) is 0 Å². The van der Waals surface area contributed by atoms with E-state index in [0.717, 1.165) is 0 Å². The van der Waals surface area contributed by atoms with Crippen molar-refractivity contribution in [3.05, 3.63) is 12.7 Å².